The smallest absolute Gasteiger partial charge is 0.255 e. The minimum absolute atomic E-state index is 0.0236. The van der Waals surface area contributed by atoms with E-state index in [1.807, 2.05) is 0 Å². The van der Waals surface area contributed by atoms with Crippen LogP contribution in [0.2, 0.25) is 0 Å². The van der Waals surface area contributed by atoms with Gasteiger partial charge in [-0.2, -0.15) is 4.98 Å². The topological polar surface area (TPSA) is 93.3 Å². The van der Waals surface area contributed by atoms with Crippen molar-refractivity contribution in [2.75, 3.05) is 6.26 Å². The summed E-state index contributed by atoms with van der Waals surface area (Å²) in [5.41, 5.74) is 0. The Morgan fingerprint density at radius 1 is 1.43 bits per heavy atom. The second-order valence-corrected chi connectivity index (χ2v) is 5.50. The van der Waals surface area contributed by atoms with Crippen LogP contribution in [0.3, 0.4) is 0 Å². The van der Waals surface area contributed by atoms with Crippen molar-refractivity contribution < 1.29 is 18.0 Å². The molecule has 1 N–H and O–H groups in total. The molecule has 80 valence electrons. The molecule has 0 aliphatic carbocycles. The van der Waals surface area contributed by atoms with E-state index in [2.05, 4.69) is 14.7 Å². The normalized spacial score (nSPS) is 16.6. The van der Waals surface area contributed by atoms with Crippen LogP contribution < -0.4 is 0 Å². The second kappa shape index (κ2) is 3.66. The third kappa shape index (κ3) is 2.30. The van der Waals surface area contributed by atoms with Crippen LogP contribution in [0.25, 0.3) is 0 Å². The van der Waals surface area contributed by atoms with Gasteiger partial charge in [-0.25, -0.2) is 8.42 Å². The molecule has 1 unspecified atom stereocenters. The maximum absolute atomic E-state index is 11.1. The quantitative estimate of drug-likeness (QED) is 0.783. The summed E-state index contributed by atoms with van der Waals surface area (Å²) in [7, 11) is -3.23. The van der Waals surface area contributed by atoms with Gasteiger partial charge in [-0.05, 0) is 13.8 Å². The van der Waals surface area contributed by atoms with Crippen molar-refractivity contribution in [3.05, 3.63) is 11.7 Å². The minimum atomic E-state index is -3.23. The van der Waals surface area contributed by atoms with Crippen LogP contribution in [0.5, 0.6) is 0 Å². The molecular formula is C7H12N2O4S. The Labute approximate surface area is 81.9 Å². The highest BCUT2D eigenvalue weighted by atomic mass is 32.2. The van der Waals surface area contributed by atoms with Gasteiger partial charge in [-0.15, -0.1) is 0 Å². The second-order valence-electron chi connectivity index (χ2n) is 3.14. The summed E-state index contributed by atoms with van der Waals surface area (Å²) in [5, 5.41) is 11.7. The van der Waals surface area contributed by atoms with Crippen molar-refractivity contribution in [3.63, 3.8) is 0 Å². The molecule has 0 aliphatic heterocycles. The van der Waals surface area contributed by atoms with Crippen molar-refractivity contribution in [1.82, 2.24) is 10.1 Å². The molecule has 1 aromatic rings. The predicted octanol–water partition coefficient (Wildman–Crippen LogP) is 0.229. The van der Waals surface area contributed by atoms with Crippen molar-refractivity contribution in [2.45, 2.75) is 25.2 Å². The number of hydrogen-bond acceptors (Lipinski definition) is 6. The molecule has 14 heavy (non-hydrogen) atoms. The molecule has 0 radical (unpaired) electrons. The molecule has 2 atom stereocenters. The monoisotopic (exact) mass is 220 g/mol. The summed E-state index contributed by atoms with van der Waals surface area (Å²) in [6, 6.07) is 0. The molecule has 0 saturated heterocycles. The van der Waals surface area contributed by atoms with Gasteiger partial charge in [0, 0.05) is 6.26 Å². The average Bonchev–Trinajstić information content (AvgIpc) is 2.48. The van der Waals surface area contributed by atoms with E-state index in [0.717, 1.165) is 6.26 Å². The molecule has 0 bridgehead atoms. The molecule has 0 fully saturated rings. The molecular weight excluding hydrogens is 208 g/mol. The van der Waals surface area contributed by atoms with E-state index in [0.29, 0.717) is 0 Å². The highest BCUT2D eigenvalue weighted by molar-refractivity contribution is 7.90. The fraction of sp³-hybridized carbons (Fsp3) is 0.714. The number of aliphatic hydroxyl groups is 1. The van der Waals surface area contributed by atoms with Gasteiger partial charge in [-0.1, -0.05) is 5.16 Å². The first kappa shape index (κ1) is 11.1. The van der Waals surface area contributed by atoms with E-state index in [1.165, 1.54) is 13.8 Å². The first-order valence-corrected chi connectivity index (χ1v) is 5.98. The molecule has 6 nitrogen and oxygen atoms in total. The number of sulfone groups is 1. The maximum atomic E-state index is 11.1. The number of nitrogens with zero attached hydrogens (tertiary/aromatic N) is 2. The van der Waals surface area contributed by atoms with Gasteiger partial charge in [0.1, 0.15) is 11.4 Å². The number of aromatic nitrogens is 2. The summed E-state index contributed by atoms with van der Waals surface area (Å²) in [6.07, 6.45) is 0.207. The number of hydrogen-bond donors (Lipinski definition) is 1. The van der Waals surface area contributed by atoms with E-state index in [9.17, 15) is 8.42 Å². The van der Waals surface area contributed by atoms with Gasteiger partial charge in [0.15, 0.2) is 15.7 Å². The van der Waals surface area contributed by atoms with Gasteiger partial charge in [-0.3, -0.25) is 0 Å². The molecule has 0 aromatic carbocycles. The van der Waals surface area contributed by atoms with Crippen LogP contribution in [0, 0.1) is 0 Å². The highest BCUT2D eigenvalue weighted by Crippen LogP contribution is 2.19. The zero-order chi connectivity index (χ0) is 10.9. The first-order chi connectivity index (χ1) is 6.32. The fourth-order valence-corrected chi connectivity index (χ4v) is 1.25. The summed E-state index contributed by atoms with van der Waals surface area (Å²) >= 11 is 0. The van der Waals surface area contributed by atoms with Gasteiger partial charge in [0.25, 0.3) is 5.89 Å². The van der Waals surface area contributed by atoms with Gasteiger partial charge in [0.2, 0.25) is 0 Å². The van der Waals surface area contributed by atoms with E-state index >= 15 is 0 Å². The summed E-state index contributed by atoms with van der Waals surface area (Å²) in [6.45, 7) is 2.93. The molecule has 0 amide bonds. The van der Waals surface area contributed by atoms with Crippen molar-refractivity contribution in [1.29, 1.82) is 0 Å². The van der Waals surface area contributed by atoms with E-state index in [1.54, 1.807) is 0 Å². The molecule has 1 heterocycles. The SMILES string of the molecule is CC(c1noc([C@H](C)O)n1)S(C)(=O)=O. The number of aliphatic hydroxyl groups excluding tert-OH is 1. The largest absolute Gasteiger partial charge is 0.384 e. The fourth-order valence-electron chi connectivity index (χ4n) is 0.774. The lowest BCUT2D eigenvalue weighted by atomic mass is 10.4. The summed E-state index contributed by atoms with van der Waals surface area (Å²) < 4.78 is 26.9. The lowest BCUT2D eigenvalue weighted by Crippen LogP contribution is -2.09. The van der Waals surface area contributed by atoms with Crippen molar-refractivity contribution >= 4 is 9.84 Å². The van der Waals surface area contributed by atoms with Crippen LogP contribution in [-0.4, -0.2) is 29.9 Å². The number of rotatable bonds is 3. The zero-order valence-corrected chi connectivity index (χ0v) is 8.95. The predicted molar refractivity (Wildman–Crippen MR) is 48.2 cm³/mol. The molecule has 0 spiro atoms. The standard InChI is InChI=1S/C7H12N2O4S/c1-4(10)7-8-6(9-13-7)5(2)14(3,11)12/h4-5,10H,1-3H3/t4-,5?/m0/s1. The molecule has 0 saturated carbocycles. The lowest BCUT2D eigenvalue weighted by Gasteiger charge is -2.01. The van der Waals surface area contributed by atoms with Gasteiger partial charge < -0.3 is 9.63 Å². The van der Waals surface area contributed by atoms with Crippen LogP contribution in [0.15, 0.2) is 4.52 Å². The Morgan fingerprint density at radius 3 is 2.36 bits per heavy atom. The average molecular weight is 220 g/mol. The molecule has 0 aliphatic rings. The van der Waals surface area contributed by atoms with E-state index in [4.69, 9.17) is 5.11 Å². The molecule has 1 rings (SSSR count). The molecule has 1 aromatic heterocycles. The lowest BCUT2D eigenvalue weighted by molar-refractivity contribution is 0.151. The third-order valence-electron chi connectivity index (χ3n) is 1.82. The van der Waals surface area contributed by atoms with E-state index < -0.39 is 21.2 Å². The first-order valence-electron chi connectivity index (χ1n) is 4.03. The molecule has 7 heteroatoms. The Kier molecular flexibility index (Phi) is 2.91. The Bertz CT molecular complexity index is 409. The van der Waals surface area contributed by atoms with Crippen LogP contribution >= 0.6 is 0 Å². The van der Waals surface area contributed by atoms with Gasteiger partial charge in [0.05, 0.1) is 0 Å². The highest BCUT2D eigenvalue weighted by Gasteiger charge is 2.23. The van der Waals surface area contributed by atoms with Crippen LogP contribution in [-0.2, 0) is 9.84 Å². The van der Waals surface area contributed by atoms with Crippen LogP contribution in [0.1, 0.15) is 36.9 Å². The van der Waals surface area contributed by atoms with Crippen molar-refractivity contribution in [2.24, 2.45) is 0 Å². The Hall–Kier alpha value is -0.950. The zero-order valence-electron chi connectivity index (χ0n) is 8.13. The maximum Gasteiger partial charge on any atom is 0.255 e. The van der Waals surface area contributed by atoms with E-state index in [-0.39, 0.29) is 11.7 Å². The third-order valence-corrected chi connectivity index (χ3v) is 3.32. The Morgan fingerprint density at radius 2 is 2.00 bits per heavy atom. The minimum Gasteiger partial charge on any atom is -0.384 e. The summed E-state index contributed by atoms with van der Waals surface area (Å²) in [5.74, 6) is 0.0962. The van der Waals surface area contributed by atoms with Crippen molar-refractivity contribution in [3.8, 4) is 0 Å². The summed E-state index contributed by atoms with van der Waals surface area (Å²) in [4.78, 5) is 3.77. The Balaban J connectivity index is 2.98. The van der Waals surface area contributed by atoms with Crippen LogP contribution in [0.4, 0.5) is 0 Å². The van der Waals surface area contributed by atoms with Gasteiger partial charge >= 0.3 is 0 Å².